The van der Waals surface area contributed by atoms with Gasteiger partial charge in [0.1, 0.15) is 0 Å². The molecule has 6 aromatic rings. The zero-order valence-electron chi connectivity index (χ0n) is 34.2. The fraction of sp³-hybridized carbons (Fsp3) is 0.240. The molecular weight excluding hydrogens is 753 g/mol. The quantitative estimate of drug-likeness (QED) is 0.0760. The maximum Gasteiger partial charge on any atom is 0.319 e. The van der Waals surface area contributed by atoms with E-state index in [1.807, 2.05) is 133 Å². The summed E-state index contributed by atoms with van der Waals surface area (Å²) in [7, 11) is 0. The number of ether oxygens (including phenoxy) is 2. The van der Waals surface area contributed by atoms with Crippen LogP contribution in [-0.4, -0.2) is 71.9 Å². The molecule has 2 N–H and O–H groups in total. The number of pyridine rings is 2. The third kappa shape index (κ3) is 15.0. The average molecular weight is 805 g/mol. The SMILES string of the molecule is CCOC(=O)CN[C@@H](Cc1ccccc1)C(=O)Cc1cccc(-c2ccncc2)c1.CCOC(=O)CN[C@@H](Cc1ccccc1)C(=O)Cc1cccc(-c2ccncc2)c1. The van der Waals surface area contributed by atoms with E-state index < -0.39 is 12.1 Å². The van der Waals surface area contributed by atoms with Crippen molar-refractivity contribution in [3.05, 3.63) is 181 Å². The van der Waals surface area contributed by atoms with Crippen LogP contribution in [-0.2, 0) is 54.3 Å². The number of carbonyl (C=O) groups excluding carboxylic acids is 4. The van der Waals surface area contributed by atoms with Crippen LogP contribution < -0.4 is 10.6 Å². The number of carbonyl (C=O) groups is 4. The molecule has 2 heterocycles. The number of nitrogens with zero attached hydrogens (tertiary/aromatic N) is 2. The summed E-state index contributed by atoms with van der Waals surface area (Å²) >= 11 is 0. The minimum Gasteiger partial charge on any atom is -0.465 e. The lowest BCUT2D eigenvalue weighted by Gasteiger charge is -2.18. The summed E-state index contributed by atoms with van der Waals surface area (Å²) < 4.78 is 9.97. The highest BCUT2D eigenvalue weighted by molar-refractivity contribution is 5.88. The number of nitrogens with one attached hydrogen (secondary N) is 2. The van der Waals surface area contributed by atoms with Crippen molar-refractivity contribution in [2.45, 2.75) is 51.6 Å². The molecule has 6 rings (SSSR count). The van der Waals surface area contributed by atoms with Gasteiger partial charge in [-0.1, -0.05) is 109 Å². The maximum atomic E-state index is 13.1. The Labute approximate surface area is 352 Å². The van der Waals surface area contributed by atoms with Gasteiger partial charge in [-0.25, -0.2) is 0 Å². The number of hydrogen-bond donors (Lipinski definition) is 2. The van der Waals surface area contributed by atoms with Crippen LogP contribution >= 0.6 is 0 Å². The van der Waals surface area contributed by atoms with Crippen molar-refractivity contribution in [1.29, 1.82) is 0 Å². The van der Waals surface area contributed by atoms with Crippen molar-refractivity contribution in [2.24, 2.45) is 0 Å². The van der Waals surface area contributed by atoms with E-state index in [4.69, 9.17) is 9.47 Å². The highest BCUT2D eigenvalue weighted by Gasteiger charge is 2.22. The molecule has 0 amide bonds. The van der Waals surface area contributed by atoms with Gasteiger partial charge in [-0.2, -0.15) is 0 Å². The van der Waals surface area contributed by atoms with Crippen LogP contribution in [0.1, 0.15) is 36.1 Å². The van der Waals surface area contributed by atoms with E-state index in [0.717, 1.165) is 44.5 Å². The highest BCUT2D eigenvalue weighted by atomic mass is 16.5. The predicted octanol–water partition coefficient (Wildman–Crippen LogP) is 7.25. The first kappa shape index (κ1) is 44.5. The van der Waals surface area contributed by atoms with Gasteiger partial charge in [0.2, 0.25) is 0 Å². The Morgan fingerprint density at radius 3 is 1.20 bits per heavy atom. The smallest absolute Gasteiger partial charge is 0.319 e. The molecule has 10 nitrogen and oxygen atoms in total. The van der Waals surface area contributed by atoms with Crippen molar-refractivity contribution < 1.29 is 28.7 Å². The zero-order chi connectivity index (χ0) is 42.4. The minimum absolute atomic E-state index is 0.00807. The molecule has 308 valence electrons. The van der Waals surface area contributed by atoms with Gasteiger partial charge in [-0.15, -0.1) is 0 Å². The molecule has 0 saturated carbocycles. The fourth-order valence-electron chi connectivity index (χ4n) is 6.60. The van der Waals surface area contributed by atoms with E-state index in [2.05, 4.69) is 20.6 Å². The first-order valence-corrected chi connectivity index (χ1v) is 20.2. The Bertz CT molecular complexity index is 2080. The average Bonchev–Trinajstić information content (AvgIpc) is 3.28. The van der Waals surface area contributed by atoms with E-state index in [-0.39, 0.29) is 49.4 Å². The van der Waals surface area contributed by atoms with Crippen LogP contribution in [0, 0.1) is 0 Å². The molecule has 2 aromatic heterocycles. The van der Waals surface area contributed by atoms with E-state index >= 15 is 0 Å². The highest BCUT2D eigenvalue weighted by Crippen LogP contribution is 2.22. The van der Waals surface area contributed by atoms with Crippen molar-refractivity contribution in [3.63, 3.8) is 0 Å². The van der Waals surface area contributed by atoms with Gasteiger partial charge >= 0.3 is 11.9 Å². The summed E-state index contributed by atoms with van der Waals surface area (Å²) in [6, 6.07) is 42.3. The summed E-state index contributed by atoms with van der Waals surface area (Å²) in [4.78, 5) is 57.9. The fourth-order valence-corrected chi connectivity index (χ4v) is 6.60. The molecule has 0 fully saturated rings. The van der Waals surface area contributed by atoms with Gasteiger partial charge in [0, 0.05) is 37.6 Å². The predicted molar refractivity (Wildman–Crippen MR) is 234 cm³/mol. The van der Waals surface area contributed by atoms with E-state index in [0.29, 0.717) is 26.1 Å². The van der Waals surface area contributed by atoms with Gasteiger partial charge in [0.05, 0.1) is 38.4 Å². The van der Waals surface area contributed by atoms with Crippen LogP contribution in [0.4, 0.5) is 0 Å². The first-order valence-electron chi connectivity index (χ1n) is 20.2. The molecule has 0 aliphatic rings. The molecule has 0 saturated heterocycles. The Kier molecular flexibility index (Phi) is 18.0. The lowest BCUT2D eigenvalue weighted by molar-refractivity contribution is -0.143. The molecule has 60 heavy (non-hydrogen) atoms. The Morgan fingerprint density at radius 2 is 0.833 bits per heavy atom. The summed E-state index contributed by atoms with van der Waals surface area (Å²) in [5, 5.41) is 6.17. The maximum absolute atomic E-state index is 13.1. The molecule has 0 spiro atoms. The molecule has 0 aliphatic heterocycles. The number of ketones is 2. The van der Waals surface area contributed by atoms with Crippen LogP contribution in [0.25, 0.3) is 22.3 Å². The van der Waals surface area contributed by atoms with Crippen molar-refractivity contribution in [1.82, 2.24) is 20.6 Å². The molecule has 0 unspecified atom stereocenters. The first-order chi connectivity index (χ1) is 29.3. The molecule has 0 radical (unpaired) electrons. The monoisotopic (exact) mass is 804 g/mol. The number of rotatable bonds is 20. The van der Waals surface area contributed by atoms with Crippen molar-refractivity contribution in [3.8, 4) is 22.3 Å². The standard InChI is InChI=1S/2C25H26N2O3/c2*1-2-30-25(29)18-27-23(16-19-7-4-3-5-8-19)24(28)17-20-9-6-10-22(15-20)21-11-13-26-14-12-21/h2*3-15,23,27H,2,16-18H2,1H3/t2*23-/m00/s1. The number of hydrogen-bond acceptors (Lipinski definition) is 10. The molecule has 2 atom stereocenters. The van der Waals surface area contributed by atoms with Gasteiger partial charge in [0.15, 0.2) is 11.6 Å². The van der Waals surface area contributed by atoms with E-state index in [9.17, 15) is 19.2 Å². The van der Waals surface area contributed by atoms with Crippen LogP contribution in [0.5, 0.6) is 0 Å². The van der Waals surface area contributed by atoms with Gasteiger partial charge in [0.25, 0.3) is 0 Å². The lowest BCUT2D eigenvalue weighted by Crippen LogP contribution is -2.42. The Balaban J connectivity index is 0.000000228. The van der Waals surface area contributed by atoms with Crippen molar-refractivity contribution in [2.75, 3.05) is 26.3 Å². The van der Waals surface area contributed by atoms with Crippen LogP contribution in [0.3, 0.4) is 0 Å². The Hall–Kier alpha value is -6.62. The largest absolute Gasteiger partial charge is 0.465 e. The van der Waals surface area contributed by atoms with Gasteiger partial charge in [-0.3, -0.25) is 39.8 Å². The molecular formula is C50H52N4O6. The molecule has 4 aromatic carbocycles. The minimum atomic E-state index is -0.471. The summed E-state index contributed by atoms with van der Waals surface area (Å²) in [5.41, 5.74) is 8.15. The summed E-state index contributed by atoms with van der Waals surface area (Å²) in [6.45, 7) is 4.18. The molecule has 0 aliphatic carbocycles. The van der Waals surface area contributed by atoms with Crippen molar-refractivity contribution >= 4 is 23.5 Å². The van der Waals surface area contributed by atoms with Gasteiger partial charge in [-0.05, 0) is 95.5 Å². The second kappa shape index (κ2) is 24.3. The second-order valence-electron chi connectivity index (χ2n) is 14.0. The number of benzene rings is 4. The third-order valence-electron chi connectivity index (χ3n) is 9.58. The van der Waals surface area contributed by atoms with Crippen LogP contribution in [0.2, 0.25) is 0 Å². The molecule has 0 bridgehead atoms. The number of aromatic nitrogens is 2. The number of esters is 2. The normalized spacial score (nSPS) is 11.6. The molecule has 10 heteroatoms. The zero-order valence-corrected chi connectivity index (χ0v) is 34.2. The summed E-state index contributed by atoms with van der Waals surface area (Å²) in [6.07, 6.45) is 8.61. The van der Waals surface area contributed by atoms with Crippen LogP contribution in [0.15, 0.2) is 158 Å². The van der Waals surface area contributed by atoms with Gasteiger partial charge < -0.3 is 9.47 Å². The van der Waals surface area contributed by atoms with E-state index in [1.54, 1.807) is 38.6 Å². The van der Waals surface area contributed by atoms with E-state index in [1.165, 1.54) is 0 Å². The Morgan fingerprint density at radius 1 is 0.467 bits per heavy atom. The number of Topliss-reactive ketones (excluding diaryl/α,β-unsaturated/α-hetero) is 2. The topological polar surface area (TPSA) is 137 Å². The third-order valence-corrected chi connectivity index (χ3v) is 9.58. The summed E-state index contributed by atoms with van der Waals surface area (Å²) in [5.74, 6) is -0.642. The second-order valence-corrected chi connectivity index (χ2v) is 14.0. The lowest BCUT2D eigenvalue weighted by atomic mass is 9.96.